The second-order valence-corrected chi connectivity index (χ2v) is 4.26. The Morgan fingerprint density at radius 3 is 2.80 bits per heavy atom. The minimum absolute atomic E-state index is 0.175. The van der Waals surface area contributed by atoms with Gasteiger partial charge in [-0.25, -0.2) is 0 Å². The summed E-state index contributed by atoms with van der Waals surface area (Å²) in [6.07, 6.45) is 3.13. The minimum atomic E-state index is -0.175. The number of nitrogens with one attached hydrogen (secondary N) is 1. The molecule has 0 radical (unpaired) electrons. The molecule has 1 saturated carbocycles. The molecule has 1 fully saturated rings. The van der Waals surface area contributed by atoms with Gasteiger partial charge in [-0.15, -0.1) is 0 Å². The number of aryl methyl sites for hydroxylation is 1. The number of aliphatic hydroxyl groups excluding tert-OH is 1. The van der Waals surface area contributed by atoms with Gasteiger partial charge < -0.3 is 14.8 Å². The minimum Gasteiger partial charge on any atom is -0.465 e. The molecule has 0 spiro atoms. The van der Waals surface area contributed by atoms with Crippen LogP contribution in [-0.4, -0.2) is 17.8 Å². The lowest BCUT2D eigenvalue weighted by atomic mass is 10.2. The van der Waals surface area contributed by atoms with Crippen LogP contribution in [0.5, 0.6) is 0 Å². The summed E-state index contributed by atoms with van der Waals surface area (Å²) in [5.74, 6) is 2.52. The van der Waals surface area contributed by atoms with E-state index in [0.717, 1.165) is 17.9 Å². The highest BCUT2D eigenvalue weighted by Gasteiger charge is 2.29. The number of hydrogen-bond donors (Lipinski definition) is 2. The second-order valence-electron chi connectivity index (χ2n) is 4.26. The van der Waals surface area contributed by atoms with Gasteiger partial charge in [-0.05, 0) is 30.9 Å². The summed E-state index contributed by atoms with van der Waals surface area (Å²) in [6.45, 7) is 3.46. The van der Waals surface area contributed by atoms with Crippen LogP contribution >= 0.6 is 0 Å². The molecule has 1 aromatic heterocycles. The van der Waals surface area contributed by atoms with Crippen molar-refractivity contribution in [3.05, 3.63) is 23.7 Å². The fourth-order valence-electron chi connectivity index (χ4n) is 1.70. The lowest BCUT2D eigenvalue weighted by molar-refractivity contribution is 0.147. The molecule has 1 atom stereocenters. The summed E-state index contributed by atoms with van der Waals surface area (Å²) in [5.41, 5.74) is 0. The molecule has 1 unspecified atom stereocenters. The first-order chi connectivity index (χ1) is 7.29. The molecule has 0 bridgehead atoms. The SMILES string of the molecule is CCc1ccc(CNCC(O)C2CC2)o1. The third kappa shape index (κ3) is 3.08. The summed E-state index contributed by atoms with van der Waals surface area (Å²) in [5, 5.41) is 12.8. The standard InChI is InChI=1S/C12H19NO2/c1-2-10-5-6-11(15-10)7-13-8-12(14)9-3-4-9/h5-6,9,12-14H,2-4,7-8H2,1H3. The van der Waals surface area contributed by atoms with Crippen molar-refractivity contribution in [1.82, 2.24) is 5.32 Å². The van der Waals surface area contributed by atoms with Gasteiger partial charge in [0.05, 0.1) is 12.6 Å². The Balaban J connectivity index is 1.68. The van der Waals surface area contributed by atoms with Crippen molar-refractivity contribution in [1.29, 1.82) is 0 Å². The van der Waals surface area contributed by atoms with Crippen molar-refractivity contribution in [2.75, 3.05) is 6.54 Å². The Hall–Kier alpha value is -0.800. The van der Waals surface area contributed by atoms with Gasteiger partial charge in [0.2, 0.25) is 0 Å². The average Bonchev–Trinajstić information content (AvgIpc) is 2.99. The summed E-state index contributed by atoms with van der Waals surface area (Å²) < 4.78 is 5.55. The highest BCUT2D eigenvalue weighted by molar-refractivity contribution is 5.06. The van der Waals surface area contributed by atoms with Gasteiger partial charge in [0.15, 0.2) is 0 Å². The Kier molecular flexibility index (Phi) is 3.44. The van der Waals surface area contributed by atoms with Crippen LogP contribution in [-0.2, 0) is 13.0 Å². The maximum atomic E-state index is 9.63. The molecule has 84 valence electrons. The molecule has 1 aliphatic carbocycles. The Bertz CT molecular complexity index is 304. The zero-order valence-electron chi connectivity index (χ0n) is 9.20. The van der Waals surface area contributed by atoms with Gasteiger partial charge >= 0.3 is 0 Å². The molecule has 2 N–H and O–H groups in total. The van der Waals surface area contributed by atoms with Crippen molar-refractivity contribution >= 4 is 0 Å². The third-order valence-electron chi connectivity index (χ3n) is 2.88. The van der Waals surface area contributed by atoms with Gasteiger partial charge in [-0.2, -0.15) is 0 Å². The van der Waals surface area contributed by atoms with E-state index in [9.17, 15) is 5.11 Å². The molecule has 2 rings (SSSR count). The Morgan fingerprint density at radius 2 is 2.20 bits per heavy atom. The van der Waals surface area contributed by atoms with Crippen LogP contribution in [0.15, 0.2) is 16.5 Å². The predicted octanol–water partition coefficient (Wildman–Crippen LogP) is 1.70. The average molecular weight is 209 g/mol. The number of hydrogen-bond acceptors (Lipinski definition) is 3. The van der Waals surface area contributed by atoms with Crippen LogP contribution in [0.1, 0.15) is 31.3 Å². The molecule has 0 amide bonds. The molecule has 0 aromatic carbocycles. The second kappa shape index (κ2) is 4.81. The molecule has 0 saturated heterocycles. The molecular formula is C12H19NO2. The van der Waals surface area contributed by atoms with Gasteiger partial charge in [-0.1, -0.05) is 6.92 Å². The first-order valence-corrected chi connectivity index (χ1v) is 5.76. The van der Waals surface area contributed by atoms with Gasteiger partial charge in [0.1, 0.15) is 11.5 Å². The quantitative estimate of drug-likeness (QED) is 0.749. The van der Waals surface area contributed by atoms with E-state index < -0.39 is 0 Å². The number of rotatable bonds is 6. The summed E-state index contributed by atoms with van der Waals surface area (Å²) in [7, 11) is 0. The van der Waals surface area contributed by atoms with Crippen molar-refractivity contribution in [3.8, 4) is 0 Å². The molecule has 3 heteroatoms. The Labute approximate surface area is 90.5 Å². The molecule has 1 aromatic rings. The van der Waals surface area contributed by atoms with E-state index in [0.29, 0.717) is 19.0 Å². The predicted molar refractivity (Wildman–Crippen MR) is 58.5 cm³/mol. The zero-order chi connectivity index (χ0) is 10.7. The monoisotopic (exact) mass is 209 g/mol. The lowest BCUT2D eigenvalue weighted by Gasteiger charge is -2.09. The largest absolute Gasteiger partial charge is 0.465 e. The molecule has 1 heterocycles. The molecule has 0 aliphatic heterocycles. The third-order valence-corrected chi connectivity index (χ3v) is 2.88. The fraction of sp³-hybridized carbons (Fsp3) is 0.667. The molecule has 15 heavy (non-hydrogen) atoms. The first-order valence-electron chi connectivity index (χ1n) is 5.76. The fourth-order valence-corrected chi connectivity index (χ4v) is 1.70. The van der Waals surface area contributed by atoms with Crippen molar-refractivity contribution < 1.29 is 9.52 Å². The van der Waals surface area contributed by atoms with Gasteiger partial charge in [0, 0.05) is 13.0 Å². The number of aliphatic hydroxyl groups is 1. The Morgan fingerprint density at radius 1 is 1.47 bits per heavy atom. The molecule has 1 aliphatic rings. The normalized spacial score (nSPS) is 18.0. The summed E-state index contributed by atoms with van der Waals surface area (Å²) in [4.78, 5) is 0. The smallest absolute Gasteiger partial charge is 0.117 e. The topological polar surface area (TPSA) is 45.4 Å². The summed E-state index contributed by atoms with van der Waals surface area (Å²) in [6, 6.07) is 4.00. The van der Waals surface area contributed by atoms with Crippen LogP contribution in [0.25, 0.3) is 0 Å². The van der Waals surface area contributed by atoms with E-state index in [2.05, 4.69) is 12.2 Å². The van der Waals surface area contributed by atoms with Crippen molar-refractivity contribution in [2.24, 2.45) is 5.92 Å². The van der Waals surface area contributed by atoms with Crippen LogP contribution in [0, 0.1) is 5.92 Å². The van der Waals surface area contributed by atoms with E-state index >= 15 is 0 Å². The molecule has 3 nitrogen and oxygen atoms in total. The van der Waals surface area contributed by atoms with Crippen LogP contribution in [0.2, 0.25) is 0 Å². The maximum absolute atomic E-state index is 9.63. The number of furan rings is 1. The van der Waals surface area contributed by atoms with Gasteiger partial charge in [-0.3, -0.25) is 0 Å². The van der Waals surface area contributed by atoms with Crippen LogP contribution in [0.4, 0.5) is 0 Å². The first kappa shape index (κ1) is 10.7. The van der Waals surface area contributed by atoms with E-state index in [1.54, 1.807) is 0 Å². The van der Waals surface area contributed by atoms with Crippen LogP contribution < -0.4 is 5.32 Å². The highest BCUT2D eigenvalue weighted by atomic mass is 16.3. The maximum Gasteiger partial charge on any atom is 0.117 e. The van der Waals surface area contributed by atoms with Crippen LogP contribution in [0.3, 0.4) is 0 Å². The van der Waals surface area contributed by atoms with E-state index in [1.807, 2.05) is 12.1 Å². The van der Waals surface area contributed by atoms with E-state index in [1.165, 1.54) is 12.8 Å². The highest BCUT2D eigenvalue weighted by Crippen LogP contribution is 2.32. The molecular weight excluding hydrogens is 190 g/mol. The van der Waals surface area contributed by atoms with Gasteiger partial charge in [0.25, 0.3) is 0 Å². The zero-order valence-corrected chi connectivity index (χ0v) is 9.20. The lowest BCUT2D eigenvalue weighted by Crippen LogP contribution is -2.27. The van der Waals surface area contributed by atoms with E-state index in [4.69, 9.17) is 4.42 Å². The summed E-state index contributed by atoms with van der Waals surface area (Å²) >= 11 is 0. The van der Waals surface area contributed by atoms with E-state index in [-0.39, 0.29) is 6.10 Å². The van der Waals surface area contributed by atoms with Crippen molar-refractivity contribution in [2.45, 2.75) is 38.8 Å². The van der Waals surface area contributed by atoms with Crippen molar-refractivity contribution in [3.63, 3.8) is 0 Å².